The average molecular weight is 592 g/mol. The maximum absolute atomic E-state index is 14.1. The Bertz CT molecular complexity index is 1410. The number of esters is 1. The molecular formula is C27H38N5O8P. The Morgan fingerprint density at radius 3 is 2.59 bits per heavy atom. The molecule has 3 aromatic rings. The van der Waals surface area contributed by atoms with Crippen molar-refractivity contribution in [2.45, 2.75) is 77.7 Å². The number of para-hydroxylation sites is 1. The first-order valence-electron chi connectivity index (χ1n) is 13.2. The van der Waals surface area contributed by atoms with Crippen LogP contribution in [0.4, 0.5) is 5.82 Å². The number of ether oxygens (including phenoxy) is 2. The highest BCUT2D eigenvalue weighted by Gasteiger charge is 2.56. The molecule has 7 atom stereocenters. The molecule has 41 heavy (non-hydrogen) atoms. The summed E-state index contributed by atoms with van der Waals surface area (Å²) in [5.74, 6) is -0.172. The number of nitrogen functional groups attached to an aromatic ring is 1. The van der Waals surface area contributed by atoms with E-state index in [0.29, 0.717) is 11.0 Å². The molecule has 1 aliphatic heterocycles. The Morgan fingerprint density at radius 1 is 1.24 bits per heavy atom. The van der Waals surface area contributed by atoms with Crippen molar-refractivity contribution in [2.24, 2.45) is 5.41 Å². The van der Waals surface area contributed by atoms with Gasteiger partial charge in [-0.05, 0) is 44.4 Å². The summed E-state index contributed by atoms with van der Waals surface area (Å²) in [5.41, 5.74) is 4.27. The van der Waals surface area contributed by atoms with Crippen molar-refractivity contribution in [2.75, 3.05) is 12.3 Å². The Labute approximate surface area is 238 Å². The third-order valence-corrected chi connectivity index (χ3v) is 8.34. The molecule has 14 heteroatoms. The minimum Gasteiger partial charge on any atom is -0.464 e. The maximum Gasteiger partial charge on any atom is 0.459 e. The Hall–Kier alpha value is -3.06. The summed E-state index contributed by atoms with van der Waals surface area (Å²) in [6, 6.07) is 8.90. The van der Waals surface area contributed by atoms with Crippen molar-refractivity contribution >= 4 is 30.6 Å². The minimum absolute atomic E-state index is 0.155. The summed E-state index contributed by atoms with van der Waals surface area (Å²) >= 11 is 0. The molecule has 0 spiro atoms. The van der Waals surface area contributed by atoms with E-state index >= 15 is 0 Å². The van der Waals surface area contributed by atoms with Gasteiger partial charge in [-0.15, -0.1) is 0 Å². The second-order valence-electron chi connectivity index (χ2n) is 11.6. The van der Waals surface area contributed by atoms with Gasteiger partial charge in [0.25, 0.3) is 0 Å². The fourth-order valence-corrected chi connectivity index (χ4v) is 6.11. The van der Waals surface area contributed by atoms with E-state index in [9.17, 15) is 19.6 Å². The molecule has 1 fully saturated rings. The standard InChI is InChI=1S/C27H38N5O8P/c1-16(24(34)37-14-26(3,4)5)31-41(36,40-18-10-8-7-9-11-18)39-17(2)20-21(33)27(6,35)25(38-20)32-13-12-19-22(28)29-15-30-23(19)32/h7-13,15-17,20-21,25,33,35H,14H2,1-6H3,(H,31,36)(H2,28,29,30). The maximum atomic E-state index is 14.1. The van der Waals surface area contributed by atoms with E-state index in [1.807, 2.05) is 20.8 Å². The van der Waals surface area contributed by atoms with Gasteiger partial charge >= 0.3 is 13.7 Å². The lowest BCUT2D eigenvalue weighted by molar-refractivity contribution is -0.148. The molecule has 1 aliphatic rings. The summed E-state index contributed by atoms with van der Waals surface area (Å²) in [6.45, 7) is 10.3. The van der Waals surface area contributed by atoms with Gasteiger partial charge in [-0.3, -0.25) is 9.32 Å². The molecule has 0 radical (unpaired) electrons. The molecule has 0 amide bonds. The van der Waals surface area contributed by atoms with Crippen LogP contribution >= 0.6 is 7.75 Å². The van der Waals surface area contributed by atoms with Gasteiger partial charge < -0.3 is 34.5 Å². The summed E-state index contributed by atoms with van der Waals surface area (Å²) in [7, 11) is -4.29. The fraction of sp³-hybridized carbons (Fsp3) is 0.519. The monoisotopic (exact) mass is 591 g/mol. The predicted octanol–water partition coefficient (Wildman–Crippen LogP) is 3.18. The molecule has 7 unspecified atom stereocenters. The Kier molecular flexibility index (Phi) is 8.79. The third-order valence-electron chi connectivity index (χ3n) is 6.58. The molecule has 0 saturated carbocycles. The Morgan fingerprint density at radius 2 is 1.93 bits per heavy atom. The van der Waals surface area contributed by atoms with Gasteiger partial charge in [0.15, 0.2) is 6.23 Å². The molecular weight excluding hydrogens is 553 g/mol. The van der Waals surface area contributed by atoms with Crippen LogP contribution in [0.5, 0.6) is 5.75 Å². The first kappa shape index (κ1) is 30.9. The first-order chi connectivity index (χ1) is 19.1. The lowest BCUT2D eigenvalue weighted by atomic mass is 9.94. The minimum atomic E-state index is -4.29. The van der Waals surface area contributed by atoms with Crippen LogP contribution < -0.4 is 15.3 Å². The number of hydrogen-bond donors (Lipinski definition) is 4. The highest BCUT2D eigenvalue weighted by Crippen LogP contribution is 2.49. The number of aliphatic hydroxyl groups excluding tert-OH is 1. The van der Waals surface area contributed by atoms with E-state index in [2.05, 4.69) is 15.1 Å². The number of nitrogens with two attached hydrogens (primary N) is 1. The molecule has 2 aromatic heterocycles. The molecule has 0 aliphatic carbocycles. The normalized spacial score (nSPS) is 25.9. The zero-order chi connectivity index (χ0) is 30.2. The first-order valence-corrected chi connectivity index (χ1v) is 14.8. The molecule has 4 rings (SSSR count). The largest absolute Gasteiger partial charge is 0.464 e. The highest BCUT2D eigenvalue weighted by molar-refractivity contribution is 7.52. The van der Waals surface area contributed by atoms with Crippen molar-refractivity contribution in [1.29, 1.82) is 0 Å². The number of hydrogen-bond acceptors (Lipinski definition) is 11. The van der Waals surface area contributed by atoms with Gasteiger partial charge in [-0.25, -0.2) is 14.5 Å². The number of benzene rings is 1. The zero-order valence-corrected chi connectivity index (χ0v) is 24.8. The van der Waals surface area contributed by atoms with Gasteiger partial charge in [0.1, 0.15) is 47.4 Å². The van der Waals surface area contributed by atoms with Crippen molar-refractivity contribution in [1.82, 2.24) is 19.6 Å². The highest BCUT2D eigenvalue weighted by atomic mass is 31.2. The number of fused-ring (bicyclic) bond motifs is 1. The van der Waals surface area contributed by atoms with E-state index in [1.54, 1.807) is 42.6 Å². The van der Waals surface area contributed by atoms with Crippen LogP contribution in [0.3, 0.4) is 0 Å². The zero-order valence-electron chi connectivity index (χ0n) is 23.9. The second-order valence-corrected chi connectivity index (χ2v) is 13.2. The van der Waals surface area contributed by atoms with E-state index in [0.717, 1.165) is 0 Å². The topological polar surface area (TPSA) is 180 Å². The third kappa shape index (κ3) is 6.88. The average Bonchev–Trinajstić information content (AvgIpc) is 3.41. The van der Waals surface area contributed by atoms with Gasteiger partial charge in [-0.2, -0.15) is 5.09 Å². The predicted molar refractivity (Wildman–Crippen MR) is 151 cm³/mol. The fourth-order valence-electron chi connectivity index (χ4n) is 4.41. The van der Waals surface area contributed by atoms with Gasteiger partial charge in [0.2, 0.25) is 0 Å². The molecule has 1 aromatic carbocycles. The summed E-state index contributed by atoms with van der Waals surface area (Å²) in [4.78, 5) is 20.9. The lowest BCUT2D eigenvalue weighted by Crippen LogP contribution is -2.46. The second kappa shape index (κ2) is 11.7. The number of nitrogens with zero attached hydrogens (tertiary/aromatic N) is 3. The molecule has 1 saturated heterocycles. The van der Waals surface area contributed by atoms with Gasteiger partial charge in [-0.1, -0.05) is 39.0 Å². The molecule has 224 valence electrons. The SMILES string of the molecule is CC(NP(=O)(Oc1ccccc1)OC(C)C1OC(n2ccc3c(N)ncnc32)C(C)(O)C1O)C(=O)OCC(C)(C)C. The van der Waals surface area contributed by atoms with Crippen LogP contribution in [-0.4, -0.2) is 67.3 Å². The van der Waals surface area contributed by atoms with Crippen LogP contribution in [0.1, 0.15) is 47.8 Å². The quantitative estimate of drug-likeness (QED) is 0.200. The number of carbonyl (C=O) groups excluding carboxylic acids is 1. The van der Waals surface area contributed by atoms with E-state index in [-0.39, 0.29) is 23.6 Å². The molecule has 3 heterocycles. The number of anilines is 1. The van der Waals surface area contributed by atoms with Crippen molar-refractivity contribution in [3.63, 3.8) is 0 Å². The van der Waals surface area contributed by atoms with Crippen LogP contribution in [0, 0.1) is 5.41 Å². The lowest BCUT2D eigenvalue weighted by Gasteiger charge is -2.30. The van der Waals surface area contributed by atoms with Crippen LogP contribution in [0.2, 0.25) is 0 Å². The number of rotatable bonds is 10. The van der Waals surface area contributed by atoms with Crippen molar-refractivity contribution in [3.8, 4) is 5.75 Å². The van der Waals surface area contributed by atoms with Crippen LogP contribution in [0.25, 0.3) is 11.0 Å². The van der Waals surface area contributed by atoms with E-state index < -0.39 is 49.9 Å². The van der Waals surface area contributed by atoms with Crippen molar-refractivity contribution < 1.29 is 38.1 Å². The number of aromatic nitrogens is 3. The van der Waals surface area contributed by atoms with E-state index in [1.165, 1.54) is 31.7 Å². The number of nitrogens with one attached hydrogen (secondary N) is 1. The summed E-state index contributed by atoms with van der Waals surface area (Å²) in [6.07, 6.45) is -1.93. The molecule has 13 nitrogen and oxygen atoms in total. The number of carbonyl (C=O) groups is 1. The molecule has 5 N–H and O–H groups in total. The number of aliphatic hydroxyl groups is 2. The smallest absolute Gasteiger partial charge is 0.459 e. The van der Waals surface area contributed by atoms with Crippen LogP contribution in [-0.2, 0) is 23.4 Å². The van der Waals surface area contributed by atoms with Gasteiger partial charge in [0.05, 0.1) is 18.1 Å². The van der Waals surface area contributed by atoms with Crippen LogP contribution in [0.15, 0.2) is 48.9 Å². The van der Waals surface area contributed by atoms with Gasteiger partial charge in [0, 0.05) is 6.20 Å². The summed E-state index contributed by atoms with van der Waals surface area (Å²) < 4.78 is 38.7. The molecule has 0 bridgehead atoms. The van der Waals surface area contributed by atoms with Crippen molar-refractivity contribution in [3.05, 3.63) is 48.9 Å². The van der Waals surface area contributed by atoms with E-state index in [4.69, 9.17) is 24.3 Å². The Balaban J connectivity index is 1.56. The summed E-state index contributed by atoms with van der Waals surface area (Å²) in [5, 5.41) is 25.6.